The van der Waals surface area contributed by atoms with Crippen molar-refractivity contribution in [2.75, 3.05) is 0 Å². The summed E-state index contributed by atoms with van der Waals surface area (Å²) in [4.78, 5) is 17.3. The summed E-state index contributed by atoms with van der Waals surface area (Å²) in [6.45, 7) is 0. The van der Waals surface area contributed by atoms with Crippen LogP contribution in [-0.2, 0) is 0 Å². The molecule has 0 aliphatic heterocycles. The minimum atomic E-state index is 0.627. The molecule has 0 aliphatic carbocycles. The average Bonchev–Trinajstić information content (AvgIpc) is 0.892. The molecule has 18 rings (SSSR count). The lowest BCUT2D eigenvalue weighted by Gasteiger charge is -2.19. The fourth-order valence-corrected chi connectivity index (χ4v) is 14.0. The predicted molar refractivity (Wildman–Crippen MR) is 363 cm³/mol. The summed E-state index contributed by atoms with van der Waals surface area (Å²) in [7, 11) is 0. The molecule has 0 N–H and O–H groups in total. The second-order valence-corrected chi connectivity index (χ2v) is 23.0. The van der Waals surface area contributed by atoms with E-state index in [1.54, 1.807) is 0 Å². The summed E-state index contributed by atoms with van der Waals surface area (Å²) in [5.41, 5.74) is 17.8. The number of hydrogen-bond acceptors (Lipinski definition) is 3. The molecule has 0 radical (unpaired) electrons. The van der Waals surface area contributed by atoms with Crippen LogP contribution in [0.4, 0.5) is 0 Å². The Labute approximate surface area is 496 Å². The van der Waals surface area contributed by atoms with Crippen molar-refractivity contribution in [1.29, 1.82) is 0 Å². The smallest absolute Gasteiger partial charge is 0.160 e. The lowest BCUT2D eigenvalue weighted by atomic mass is 9.86. The van der Waals surface area contributed by atoms with Gasteiger partial charge in [0, 0.05) is 38.6 Å². The molecule has 86 heavy (non-hydrogen) atoms. The van der Waals surface area contributed by atoms with Crippen LogP contribution in [0.2, 0.25) is 0 Å². The van der Waals surface area contributed by atoms with Crippen molar-refractivity contribution >= 4 is 97.2 Å². The Morgan fingerprint density at radius 2 is 0.674 bits per heavy atom. The third kappa shape index (κ3) is 7.65. The Kier molecular flexibility index (Phi) is 10.7. The first kappa shape index (κ1) is 48.2. The van der Waals surface area contributed by atoms with Crippen LogP contribution < -0.4 is 0 Å². The number of hydrogen-bond donors (Lipinski definition) is 0. The molecule has 0 saturated heterocycles. The van der Waals surface area contributed by atoms with Crippen LogP contribution in [0.25, 0.3) is 187 Å². The van der Waals surface area contributed by atoms with Gasteiger partial charge in [0.2, 0.25) is 0 Å². The molecule has 0 fully saturated rings. The zero-order chi connectivity index (χ0) is 56.4. The summed E-state index contributed by atoms with van der Waals surface area (Å²) in [5, 5.41) is 19.2. The first-order chi connectivity index (χ1) is 42.6. The van der Waals surface area contributed by atoms with E-state index in [-0.39, 0.29) is 0 Å². The van der Waals surface area contributed by atoms with Crippen LogP contribution in [-0.4, -0.2) is 15.0 Å². The summed E-state index contributed by atoms with van der Waals surface area (Å²) >= 11 is 0. The molecule has 0 spiro atoms. The van der Waals surface area contributed by atoms with Crippen molar-refractivity contribution in [3.05, 3.63) is 297 Å². The highest BCUT2D eigenvalue weighted by Crippen LogP contribution is 2.48. The standard InChI is InChI=1S/C83H49N3/c1-5-15-50(16-6-1)63-44-64-43-61(37-39-67(64)71(46-63)51-17-7-2-8-18-51)81-74-48-65(66-38-33-57-29-27-53-23-13-25-55-35-41-69(66)78(57)76(53)55)47-73(68-40-34-58-30-28-54-24-14-26-56-36-42-70(68)79(58)77(54)56)82(74)86-83(85-81)62-32-31-60-45-72(52-19-9-3-10-20-52)80(84-75(60)49-62)59-21-11-4-12-22-59/h1-49H. The molecule has 0 unspecified atom stereocenters. The number of benzene rings is 16. The van der Waals surface area contributed by atoms with Crippen molar-refractivity contribution < 1.29 is 0 Å². The van der Waals surface area contributed by atoms with Gasteiger partial charge in [-0.15, -0.1) is 0 Å². The molecule has 396 valence electrons. The van der Waals surface area contributed by atoms with Crippen molar-refractivity contribution in [3.63, 3.8) is 0 Å². The van der Waals surface area contributed by atoms with Gasteiger partial charge in [0.25, 0.3) is 0 Å². The van der Waals surface area contributed by atoms with Gasteiger partial charge < -0.3 is 0 Å². The number of fused-ring (bicyclic) bond motifs is 3. The van der Waals surface area contributed by atoms with Gasteiger partial charge in [-0.3, -0.25) is 0 Å². The Balaban J connectivity index is 0.953. The number of rotatable bonds is 8. The van der Waals surface area contributed by atoms with E-state index in [4.69, 9.17) is 15.0 Å². The second kappa shape index (κ2) is 19.1. The van der Waals surface area contributed by atoms with E-state index >= 15 is 0 Å². The molecule has 0 saturated carbocycles. The van der Waals surface area contributed by atoms with Crippen molar-refractivity contribution in [2.24, 2.45) is 0 Å². The van der Waals surface area contributed by atoms with Crippen LogP contribution in [0, 0.1) is 0 Å². The minimum Gasteiger partial charge on any atom is -0.247 e. The fraction of sp³-hybridized carbons (Fsp3) is 0. The molecule has 16 aromatic carbocycles. The Morgan fingerprint density at radius 3 is 1.31 bits per heavy atom. The fourth-order valence-electron chi connectivity index (χ4n) is 14.0. The first-order valence-electron chi connectivity index (χ1n) is 29.5. The van der Waals surface area contributed by atoms with Crippen molar-refractivity contribution in [2.45, 2.75) is 0 Å². The lowest BCUT2D eigenvalue weighted by molar-refractivity contribution is 1.23. The van der Waals surface area contributed by atoms with Crippen LogP contribution in [0.5, 0.6) is 0 Å². The molecule has 2 heterocycles. The van der Waals surface area contributed by atoms with E-state index < -0.39 is 0 Å². The molecule has 2 aromatic heterocycles. The summed E-state index contributed by atoms with van der Waals surface area (Å²) in [6, 6.07) is 109. The Hall–Kier alpha value is -11.4. The maximum Gasteiger partial charge on any atom is 0.160 e. The Bertz CT molecular complexity index is 5710. The molecular formula is C83H49N3. The second-order valence-electron chi connectivity index (χ2n) is 23.0. The van der Waals surface area contributed by atoms with Gasteiger partial charge in [-0.2, -0.15) is 0 Å². The molecule has 0 aliphatic rings. The van der Waals surface area contributed by atoms with Crippen LogP contribution in [0.1, 0.15) is 0 Å². The summed E-state index contributed by atoms with van der Waals surface area (Å²) in [6.07, 6.45) is 0. The van der Waals surface area contributed by atoms with Gasteiger partial charge >= 0.3 is 0 Å². The zero-order valence-corrected chi connectivity index (χ0v) is 46.6. The van der Waals surface area contributed by atoms with Crippen molar-refractivity contribution in [1.82, 2.24) is 15.0 Å². The molecular weight excluding hydrogens is 1040 g/mol. The molecule has 0 bridgehead atoms. The monoisotopic (exact) mass is 1090 g/mol. The number of pyridine rings is 1. The first-order valence-corrected chi connectivity index (χ1v) is 29.5. The van der Waals surface area contributed by atoms with Gasteiger partial charge in [0.1, 0.15) is 0 Å². The van der Waals surface area contributed by atoms with E-state index in [0.717, 1.165) is 94.2 Å². The minimum absolute atomic E-state index is 0.627. The van der Waals surface area contributed by atoms with Crippen LogP contribution in [0.3, 0.4) is 0 Å². The largest absolute Gasteiger partial charge is 0.247 e. The maximum atomic E-state index is 5.86. The highest BCUT2D eigenvalue weighted by atomic mass is 14.9. The van der Waals surface area contributed by atoms with Gasteiger partial charge in [-0.25, -0.2) is 15.0 Å². The third-order valence-corrected chi connectivity index (χ3v) is 18.1. The third-order valence-electron chi connectivity index (χ3n) is 18.1. The quantitative estimate of drug-likeness (QED) is 0.142. The van der Waals surface area contributed by atoms with E-state index in [1.165, 1.54) is 86.7 Å². The Morgan fingerprint density at radius 1 is 0.186 bits per heavy atom. The van der Waals surface area contributed by atoms with Gasteiger partial charge in [-0.05, 0) is 162 Å². The maximum absolute atomic E-state index is 5.86. The normalized spacial score (nSPS) is 12.0. The average molecular weight is 1090 g/mol. The molecule has 3 nitrogen and oxygen atoms in total. The zero-order valence-electron chi connectivity index (χ0n) is 46.6. The lowest BCUT2D eigenvalue weighted by Crippen LogP contribution is -1.99. The van der Waals surface area contributed by atoms with Crippen molar-refractivity contribution in [3.8, 4) is 89.5 Å². The van der Waals surface area contributed by atoms with E-state index in [9.17, 15) is 0 Å². The van der Waals surface area contributed by atoms with E-state index in [1.807, 2.05) is 0 Å². The van der Waals surface area contributed by atoms with Crippen LogP contribution >= 0.6 is 0 Å². The number of nitrogens with zero attached hydrogens (tertiary/aromatic N) is 3. The highest BCUT2D eigenvalue weighted by molar-refractivity contribution is 6.28. The summed E-state index contributed by atoms with van der Waals surface area (Å²) in [5.74, 6) is 0.627. The molecule has 3 heteroatoms. The molecule has 0 amide bonds. The topological polar surface area (TPSA) is 38.7 Å². The number of aromatic nitrogens is 3. The van der Waals surface area contributed by atoms with E-state index in [2.05, 4.69) is 297 Å². The van der Waals surface area contributed by atoms with Crippen LogP contribution in [0.15, 0.2) is 297 Å². The molecule has 18 aromatic rings. The predicted octanol–water partition coefficient (Wildman–Crippen LogP) is 22.5. The van der Waals surface area contributed by atoms with Gasteiger partial charge in [0.15, 0.2) is 5.82 Å². The highest BCUT2D eigenvalue weighted by Gasteiger charge is 2.23. The van der Waals surface area contributed by atoms with Gasteiger partial charge in [0.05, 0.1) is 22.4 Å². The molecule has 0 atom stereocenters. The summed E-state index contributed by atoms with van der Waals surface area (Å²) < 4.78 is 0. The van der Waals surface area contributed by atoms with E-state index in [0.29, 0.717) is 5.82 Å². The van der Waals surface area contributed by atoms with Gasteiger partial charge in [-0.1, -0.05) is 255 Å². The SMILES string of the molecule is c1ccc(-c2cc(-c3ccccc3)c3ccc(-c4nc(-c5ccc6cc(-c7ccccc7)c(-c7ccccc7)nc6c5)nc5c(-c6ccc7ccc8cccc9ccc6c7c89)cc(-c6ccc7ccc8cccc9ccc6c7c89)cc45)cc3c2)cc1.